The second-order valence-corrected chi connectivity index (χ2v) is 9.01. The Morgan fingerprint density at radius 1 is 1.10 bits per heavy atom. The number of nitrogens with zero attached hydrogens (tertiary/aromatic N) is 2. The normalized spacial score (nSPS) is 11.3. The van der Waals surface area contributed by atoms with Crippen molar-refractivity contribution in [2.75, 3.05) is 19.5 Å². The SMILES string of the molecule is C=C(Cc1c(C)ccc2c1ccn2Cc1ccnc(C(=O)NC)c1)C(=O)Nc1cc(C(F)(F)F)ccc1OC. The smallest absolute Gasteiger partial charge is 0.416 e. The van der Waals surface area contributed by atoms with E-state index in [0.717, 1.165) is 45.8 Å². The molecule has 0 unspecified atom stereocenters. The Balaban J connectivity index is 1.57. The van der Waals surface area contributed by atoms with Gasteiger partial charge in [0.1, 0.15) is 11.4 Å². The summed E-state index contributed by atoms with van der Waals surface area (Å²) in [6.45, 7) is 6.32. The number of nitrogens with one attached hydrogen (secondary N) is 2. The van der Waals surface area contributed by atoms with Crippen LogP contribution in [0.1, 0.15) is 32.7 Å². The standard InChI is InChI=1S/C29H27F3N4O3/c1-17-5-7-25-21(10-12-36(25)16-19-9-11-34-24(14-19)28(38)33-3)22(17)13-18(2)27(37)35-23-15-20(29(30,31)32)6-8-26(23)39-4/h5-12,14-15H,2,13,16H2,1,3-4H3,(H,33,38)(H,35,37). The number of amides is 2. The molecule has 2 amide bonds. The molecule has 39 heavy (non-hydrogen) atoms. The number of aromatic nitrogens is 2. The average Bonchev–Trinajstić information content (AvgIpc) is 3.31. The highest BCUT2D eigenvalue weighted by Gasteiger charge is 2.31. The molecule has 0 saturated heterocycles. The molecule has 0 spiro atoms. The first-order chi connectivity index (χ1) is 18.5. The molecule has 10 heteroatoms. The van der Waals surface area contributed by atoms with Crippen molar-refractivity contribution in [2.45, 2.75) is 26.1 Å². The lowest BCUT2D eigenvalue weighted by Crippen LogP contribution is -2.19. The molecule has 0 aliphatic rings. The molecule has 4 aromatic rings. The van der Waals surface area contributed by atoms with Crippen molar-refractivity contribution in [3.63, 3.8) is 0 Å². The van der Waals surface area contributed by atoms with Crippen LogP contribution >= 0.6 is 0 Å². The quantitative estimate of drug-likeness (QED) is 0.291. The maximum absolute atomic E-state index is 13.2. The molecule has 2 N–H and O–H groups in total. The van der Waals surface area contributed by atoms with Crippen LogP contribution in [0, 0.1) is 6.92 Å². The van der Waals surface area contributed by atoms with Gasteiger partial charge in [-0.1, -0.05) is 12.6 Å². The summed E-state index contributed by atoms with van der Waals surface area (Å²) in [6, 6.07) is 12.3. The van der Waals surface area contributed by atoms with Gasteiger partial charge in [0.05, 0.1) is 18.4 Å². The van der Waals surface area contributed by atoms with Crippen LogP contribution in [-0.4, -0.2) is 35.5 Å². The van der Waals surface area contributed by atoms with Gasteiger partial charge in [-0.2, -0.15) is 13.2 Å². The summed E-state index contributed by atoms with van der Waals surface area (Å²) in [4.78, 5) is 29.0. The Morgan fingerprint density at radius 3 is 2.56 bits per heavy atom. The second kappa shape index (κ2) is 11.0. The van der Waals surface area contributed by atoms with Crippen molar-refractivity contribution in [1.82, 2.24) is 14.9 Å². The number of hydrogen-bond donors (Lipinski definition) is 2. The van der Waals surface area contributed by atoms with Gasteiger partial charge in [0.2, 0.25) is 0 Å². The van der Waals surface area contributed by atoms with Crippen LogP contribution in [0.25, 0.3) is 10.9 Å². The number of benzene rings is 2. The van der Waals surface area contributed by atoms with E-state index in [1.165, 1.54) is 7.11 Å². The third-order valence-corrected chi connectivity index (χ3v) is 6.42. The number of anilines is 1. The fourth-order valence-electron chi connectivity index (χ4n) is 4.32. The van der Waals surface area contributed by atoms with Gasteiger partial charge in [-0.05, 0) is 66.1 Å². The molecular formula is C29H27F3N4O3. The maximum atomic E-state index is 13.2. The summed E-state index contributed by atoms with van der Waals surface area (Å²) in [5.74, 6) is -0.774. The second-order valence-electron chi connectivity index (χ2n) is 9.01. The summed E-state index contributed by atoms with van der Waals surface area (Å²) < 4.78 is 46.7. The van der Waals surface area contributed by atoms with Gasteiger partial charge in [0.15, 0.2) is 0 Å². The molecule has 2 heterocycles. The molecule has 0 aliphatic carbocycles. The number of methoxy groups -OCH3 is 1. The van der Waals surface area contributed by atoms with Crippen molar-refractivity contribution in [1.29, 1.82) is 0 Å². The molecule has 0 atom stereocenters. The van der Waals surface area contributed by atoms with Crippen LogP contribution in [0.4, 0.5) is 18.9 Å². The number of carbonyl (C=O) groups is 2. The number of aryl methyl sites for hydroxylation is 1. The van der Waals surface area contributed by atoms with Gasteiger partial charge in [-0.25, -0.2) is 0 Å². The van der Waals surface area contributed by atoms with Crippen LogP contribution in [0.2, 0.25) is 0 Å². The number of alkyl halides is 3. The van der Waals surface area contributed by atoms with Crippen molar-refractivity contribution in [3.8, 4) is 5.75 Å². The topological polar surface area (TPSA) is 85.2 Å². The van der Waals surface area contributed by atoms with E-state index in [2.05, 4.69) is 22.2 Å². The van der Waals surface area contributed by atoms with Crippen molar-refractivity contribution in [3.05, 3.63) is 101 Å². The summed E-state index contributed by atoms with van der Waals surface area (Å²) in [6.07, 6.45) is -0.869. The number of carbonyl (C=O) groups excluding carboxylic acids is 2. The Morgan fingerprint density at radius 2 is 1.87 bits per heavy atom. The number of halogens is 3. The molecule has 0 fully saturated rings. The van der Waals surface area contributed by atoms with Crippen LogP contribution in [0.15, 0.2) is 73.1 Å². The van der Waals surface area contributed by atoms with Gasteiger partial charge < -0.3 is 19.9 Å². The Kier molecular flexibility index (Phi) is 7.75. The third-order valence-electron chi connectivity index (χ3n) is 6.42. The molecule has 7 nitrogen and oxygen atoms in total. The summed E-state index contributed by atoms with van der Waals surface area (Å²) in [5, 5.41) is 5.99. The Labute approximate surface area is 223 Å². The van der Waals surface area contributed by atoms with Gasteiger partial charge in [-0.15, -0.1) is 0 Å². The lowest BCUT2D eigenvalue weighted by atomic mass is 9.97. The first-order valence-electron chi connectivity index (χ1n) is 12.0. The largest absolute Gasteiger partial charge is 0.495 e. The van der Waals surface area contributed by atoms with E-state index in [9.17, 15) is 22.8 Å². The maximum Gasteiger partial charge on any atom is 0.416 e. The molecule has 2 aromatic heterocycles. The minimum Gasteiger partial charge on any atom is -0.495 e. The zero-order valence-corrected chi connectivity index (χ0v) is 21.6. The van der Waals surface area contributed by atoms with Gasteiger partial charge >= 0.3 is 6.18 Å². The van der Waals surface area contributed by atoms with Crippen molar-refractivity contribution >= 4 is 28.4 Å². The lowest BCUT2D eigenvalue weighted by Gasteiger charge is -2.15. The highest BCUT2D eigenvalue weighted by atomic mass is 19.4. The van der Waals surface area contributed by atoms with Gasteiger partial charge in [-0.3, -0.25) is 14.6 Å². The minimum absolute atomic E-state index is 0.0898. The monoisotopic (exact) mass is 536 g/mol. The third kappa shape index (κ3) is 5.95. The number of rotatable bonds is 8. The highest BCUT2D eigenvalue weighted by molar-refractivity contribution is 6.05. The fraction of sp³-hybridized carbons (Fsp3) is 0.207. The van der Waals surface area contributed by atoms with Crippen LogP contribution < -0.4 is 15.4 Å². The molecule has 0 radical (unpaired) electrons. The fourth-order valence-corrected chi connectivity index (χ4v) is 4.32. The van der Waals surface area contributed by atoms with Crippen LogP contribution in [0.3, 0.4) is 0 Å². The number of pyridine rings is 1. The zero-order valence-electron chi connectivity index (χ0n) is 21.6. The highest BCUT2D eigenvalue weighted by Crippen LogP contribution is 2.35. The minimum atomic E-state index is -4.57. The first-order valence-corrected chi connectivity index (χ1v) is 12.0. The average molecular weight is 537 g/mol. The number of fused-ring (bicyclic) bond motifs is 1. The van der Waals surface area contributed by atoms with E-state index >= 15 is 0 Å². The molecule has 4 rings (SSSR count). The molecule has 0 saturated carbocycles. The van der Waals surface area contributed by atoms with E-state index in [1.54, 1.807) is 19.3 Å². The molecule has 202 valence electrons. The van der Waals surface area contributed by atoms with Crippen LogP contribution in [0.5, 0.6) is 5.75 Å². The van der Waals surface area contributed by atoms with E-state index in [-0.39, 0.29) is 29.3 Å². The van der Waals surface area contributed by atoms with Crippen molar-refractivity contribution in [2.24, 2.45) is 0 Å². The predicted molar refractivity (Wildman–Crippen MR) is 143 cm³/mol. The predicted octanol–water partition coefficient (Wildman–Crippen LogP) is 5.52. The number of hydrogen-bond acceptors (Lipinski definition) is 4. The summed E-state index contributed by atoms with van der Waals surface area (Å²) >= 11 is 0. The summed E-state index contributed by atoms with van der Waals surface area (Å²) in [5.41, 5.74) is 3.14. The van der Waals surface area contributed by atoms with E-state index in [1.807, 2.05) is 42.0 Å². The molecule has 0 aliphatic heterocycles. The van der Waals surface area contributed by atoms with Gasteiger partial charge in [0, 0.05) is 48.9 Å². The number of ether oxygens (including phenoxy) is 1. The summed E-state index contributed by atoms with van der Waals surface area (Å²) in [7, 11) is 2.86. The van der Waals surface area contributed by atoms with E-state index in [4.69, 9.17) is 4.74 Å². The molecule has 2 aromatic carbocycles. The first kappa shape index (κ1) is 27.4. The van der Waals surface area contributed by atoms with Crippen LogP contribution in [-0.2, 0) is 23.9 Å². The Hall–Kier alpha value is -4.60. The lowest BCUT2D eigenvalue weighted by molar-refractivity contribution is -0.137. The molecule has 0 bridgehead atoms. The van der Waals surface area contributed by atoms with E-state index in [0.29, 0.717) is 12.2 Å². The Bertz CT molecular complexity index is 1570. The van der Waals surface area contributed by atoms with Gasteiger partial charge in [0.25, 0.3) is 11.8 Å². The van der Waals surface area contributed by atoms with Crippen molar-refractivity contribution < 1.29 is 27.5 Å². The molecular weight excluding hydrogens is 509 g/mol. The van der Waals surface area contributed by atoms with E-state index < -0.39 is 17.6 Å². The zero-order chi connectivity index (χ0) is 28.3.